The molecule has 3 aromatic rings. The topological polar surface area (TPSA) is 96.0 Å². The van der Waals surface area contributed by atoms with Crippen molar-refractivity contribution < 1.29 is 22.7 Å². The number of aryl methyl sites for hydroxylation is 1. The molecule has 3 aromatic carbocycles. The summed E-state index contributed by atoms with van der Waals surface area (Å²) >= 11 is 0. The summed E-state index contributed by atoms with van der Waals surface area (Å²) in [6.45, 7) is 9.71. The Labute approximate surface area is 244 Å². The van der Waals surface area contributed by atoms with Crippen LogP contribution in [0.15, 0.2) is 77.7 Å². The molecule has 0 radical (unpaired) electrons. The van der Waals surface area contributed by atoms with Gasteiger partial charge in [-0.25, -0.2) is 8.42 Å². The molecule has 41 heavy (non-hydrogen) atoms. The van der Waals surface area contributed by atoms with Crippen LogP contribution in [0.25, 0.3) is 0 Å². The number of rotatable bonds is 13. The highest BCUT2D eigenvalue weighted by Crippen LogP contribution is 2.29. The summed E-state index contributed by atoms with van der Waals surface area (Å²) < 4.78 is 34.4. The lowest BCUT2D eigenvalue weighted by atomic mass is 10.1. The molecule has 0 bridgehead atoms. The van der Waals surface area contributed by atoms with Gasteiger partial charge in [0.15, 0.2) is 0 Å². The smallest absolute Gasteiger partial charge is 0.264 e. The van der Waals surface area contributed by atoms with Gasteiger partial charge in [0.2, 0.25) is 11.8 Å². The van der Waals surface area contributed by atoms with E-state index in [1.54, 1.807) is 49.6 Å². The highest BCUT2D eigenvalue weighted by atomic mass is 32.2. The lowest BCUT2D eigenvalue weighted by Crippen LogP contribution is -2.52. The molecule has 0 spiro atoms. The normalized spacial score (nSPS) is 12.1. The number of hydrogen-bond acceptors (Lipinski definition) is 5. The third kappa shape index (κ3) is 7.88. The van der Waals surface area contributed by atoms with Crippen LogP contribution in [0.3, 0.4) is 0 Å². The molecule has 1 atom stereocenters. The van der Waals surface area contributed by atoms with Crippen LogP contribution in [0.4, 0.5) is 5.69 Å². The third-order valence-corrected chi connectivity index (χ3v) is 8.81. The summed E-state index contributed by atoms with van der Waals surface area (Å²) in [5.74, 6) is 0.154. The predicted octanol–water partition coefficient (Wildman–Crippen LogP) is 5.09. The Morgan fingerprint density at radius 2 is 1.59 bits per heavy atom. The Kier molecular flexibility index (Phi) is 10.9. The molecule has 0 saturated heterocycles. The van der Waals surface area contributed by atoms with Crippen LogP contribution in [-0.4, -0.2) is 51.4 Å². The first kappa shape index (κ1) is 31.7. The van der Waals surface area contributed by atoms with Crippen LogP contribution in [0, 0.1) is 19.8 Å². The maximum Gasteiger partial charge on any atom is 0.264 e. The molecule has 8 nitrogen and oxygen atoms in total. The van der Waals surface area contributed by atoms with Crippen LogP contribution in [-0.2, 0) is 26.2 Å². The van der Waals surface area contributed by atoms with E-state index in [9.17, 15) is 18.0 Å². The number of nitrogens with zero attached hydrogens (tertiary/aromatic N) is 2. The fourth-order valence-corrected chi connectivity index (χ4v) is 6.00. The predicted molar refractivity (Wildman–Crippen MR) is 162 cm³/mol. The summed E-state index contributed by atoms with van der Waals surface area (Å²) in [7, 11) is -2.53. The maximum absolute atomic E-state index is 14.2. The summed E-state index contributed by atoms with van der Waals surface area (Å²) in [4.78, 5) is 29.1. The summed E-state index contributed by atoms with van der Waals surface area (Å²) in [6.07, 6.45) is 0.362. The van der Waals surface area contributed by atoms with E-state index in [1.165, 1.54) is 17.0 Å². The van der Waals surface area contributed by atoms with Crippen LogP contribution in [0.2, 0.25) is 0 Å². The Hall–Kier alpha value is -3.85. The first-order valence-corrected chi connectivity index (χ1v) is 15.3. The Morgan fingerprint density at radius 3 is 2.17 bits per heavy atom. The second-order valence-corrected chi connectivity index (χ2v) is 12.3. The van der Waals surface area contributed by atoms with Crippen molar-refractivity contribution in [3.05, 3.63) is 89.5 Å². The molecule has 1 N–H and O–H groups in total. The molecule has 0 aliphatic rings. The van der Waals surface area contributed by atoms with Gasteiger partial charge in [-0.05, 0) is 73.2 Å². The molecule has 0 saturated carbocycles. The number of amides is 2. The van der Waals surface area contributed by atoms with Gasteiger partial charge in [-0.2, -0.15) is 0 Å². The molecule has 0 fully saturated rings. The summed E-state index contributed by atoms with van der Waals surface area (Å²) in [5, 5.41) is 2.95. The van der Waals surface area contributed by atoms with Gasteiger partial charge in [-0.1, -0.05) is 63.2 Å². The van der Waals surface area contributed by atoms with Crippen LogP contribution in [0.1, 0.15) is 43.9 Å². The van der Waals surface area contributed by atoms with Gasteiger partial charge in [-0.3, -0.25) is 13.9 Å². The number of hydrogen-bond donors (Lipinski definition) is 1. The zero-order chi connectivity index (χ0) is 30.2. The van der Waals surface area contributed by atoms with Gasteiger partial charge in [0.05, 0.1) is 17.7 Å². The third-order valence-electron chi connectivity index (χ3n) is 7.04. The first-order chi connectivity index (χ1) is 19.5. The lowest BCUT2D eigenvalue weighted by Gasteiger charge is -2.34. The number of benzene rings is 3. The SMILES string of the molecule is CCC(C(=O)NCC(C)C)N(Cc1ccc(OC)cc1)C(=O)CN(c1cccc(C)c1C)S(=O)(=O)c1ccccc1. The highest BCUT2D eigenvalue weighted by molar-refractivity contribution is 7.92. The molecular weight excluding hydrogens is 538 g/mol. The Balaban J connectivity index is 2.07. The van der Waals surface area contributed by atoms with E-state index in [1.807, 2.05) is 52.8 Å². The minimum Gasteiger partial charge on any atom is -0.497 e. The molecule has 0 aromatic heterocycles. The Bertz CT molecular complexity index is 1420. The van der Waals surface area contributed by atoms with E-state index in [0.717, 1.165) is 21.0 Å². The molecular formula is C32H41N3O5S. The molecule has 220 valence electrons. The number of nitrogens with one attached hydrogen (secondary N) is 1. The van der Waals surface area contributed by atoms with E-state index in [0.29, 0.717) is 24.4 Å². The van der Waals surface area contributed by atoms with Crippen LogP contribution < -0.4 is 14.4 Å². The molecule has 0 heterocycles. The van der Waals surface area contributed by atoms with Crippen molar-refractivity contribution in [3.8, 4) is 5.75 Å². The fraction of sp³-hybridized carbons (Fsp3) is 0.375. The van der Waals surface area contributed by atoms with Crippen molar-refractivity contribution in [1.82, 2.24) is 10.2 Å². The van der Waals surface area contributed by atoms with Gasteiger partial charge < -0.3 is 15.0 Å². The monoisotopic (exact) mass is 579 g/mol. The van der Waals surface area contributed by atoms with Crippen LogP contribution >= 0.6 is 0 Å². The largest absolute Gasteiger partial charge is 0.497 e. The number of sulfonamides is 1. The Morgan fingerprint density at radius 1 is 0.927 bits per heavy atom. The minimum atomic E-state index is -4.11. The number of ether oxygens (including phenoxy) is 1. The molecule has 0 aliphatic heterocycles. The standard InChI is InChI=1S/C32H41N3O5S/c1-7-29(32(37)33-20-23(2)3)34(21-26-16-18-27(40-6)19-17-26)31(36)22-35(30-15-11-12-24(4)25(30)5)41(38,39)28-13-9-8-10-14-28/h8-19,23,29H,7,20-22H2,1-6H3,(H,33,37). The zero-order valence-corrected chi connectivity index (χ0v) is 25.6. The molecule has 2 amide bonds. The van der Waals surface area contributed by atoms with Gasteiger partial charge in [-0.15, -0.1) is 0 Å². The lowest BCUT2D eigenvalue weighted by molar-refractivity contribution is -0.140. The van der Waals surface area contributed by atoms with Crippen molar-refractivity contribution in [1.29, 1.82) is 0 Å². The van der Waals surface area contributed by atoms with Crippen molar-refractivity contribution >= 4 is 27.5 Å². The second kappa shape index (κ2) is 14.2. The van der Waals surface area contributed by atoms with E-state index in [4.69, 9.17) is 4.74 Å². The molecule has 0 aliphatic carbocycles. The van der Waals surface area contributed by atoms with Crippen molar-refractivity contribution in [2.75, 3.05) is 24.5 Å². The van der Waals surface area contributed by atoms with E-state index >= 15 is 0 Å². The molecule has 3 rings (SSSR count). The quantitative estimate of drug-likeness (QED) is 0.305. The van der Waals surface area contributed by atoms with Crippen LogP contribution in [0.5, 0.6) is 5.75 Å². The van der Waals surface area contributed by atoms with E-state index in [-0.39, 0.29) is 23.3 Å². The fourth-order valence-electron chi connectivity index (χ4n) is 4.51. The summed E-state index contributed by atoms with van der Waals surface area (Å²) in [6, 6.07) is 19.9. The van der Waals surface area contributed by atoms with Crippen molar-refractivity contribution in [2.24, 2.45) is 5.92 Å². The average molecular weight is 580 g/mol. The zero-order valence-electron chi connectivity index (χ0n) is 24.8. The van der Waals surface area contributed by atoms with Gasteiger partial charge in [0.25, 0.3) is 10.0 Å². The van der Waals surface area contributed by atoms with E-state index in [2.05, 4.69) is 5.32 Å². The second-order valence-electron chi connectivity index (χ2n) is 10.5. The number of anilines is 1. The number of carbonyl (C=O) groups excluding carboxylic acids is 2. The first-order valence-electron chi connectivity index (χ1n) is 13.8. The van der Waals surface area contributed by atoms with Crippen molar-refractivity contribution in [3.63, 3.8) is 0 Å². The van der Waals surface area contributed by atoms with Gasteiger partial charge in [0.1, 0.15) is 18.3 Å². The maximum atomic E-state index is 14.2. The summed E-state index contributed by atoms with van der Waals surface area (Å²) in [5.41, 5.74) is 2.86. The van der Waals surface area contributed by atoms with Gasteiger partial charge >= 0.3 is 0 Å². The minimum absolute atomic E-state index is 0.0807. The number of methoxy groups -OCH3 is 1. The number of carbonyl (C=O) groups is 2. The van der Waals surface area contributed by atoms with E-state index < -0.39 is 28.5 Å². The van der Waals surface area contributed by atoms with Gasteiger partial charge in [0, 0.05) is 13.1 Å². The molecule has 1 unspecified atom stereocenters. The van der Waals surface area contributed by atoms with Crippen molar-refractivity contribution in [2.45, 2.75) is 58.5 Å². The highest BCUT2D eigenvalue weighted by Gasteiger charge is 2.34. The molecule has 9 heteroatoms. The average Bonchev–Trinajstić information content (AvgIpc) is 2.97.